The highest BCUT2D eigenvalue weighted by Crippen LogP contribution is 2.33. The monoisotopic (exact) mass is 451 g/mol. The Bertz CT molecular complexity index is 928. The minimum Gasteiger partial charge on any atom is -0.351 e. The minimum atomic E-state index is -0.403. The summed E-state index contributed by atoms with van der Waals surface area (Å²) in [4.78, 5) is 30.9. The van der Waals surface area contributed by atoms with Crippen molar-refractivity contribution in [1.82, 2.24) is 15.1 Å². The van der Waals surface area contributed by atoms with Crippen LogP contribution in [0.15, 0.2) is 54.6 Å². The molecule has 170 valence electrons. The largest absolute Gasteiger partial charge is 0.351 e. The van der Waals surface area contributed by atoms with Crippen molar-refractivity contribution in [1.29, 1.82) is 0 Å². The molecule has 2 aliphatic rings. The van der Waals surface area contributed by atoms with E-state index in [-0.39, 0.29) is 23.2 Å². The number of amides is 2. The van der Waals surface area contributed by atoms with Crippen molar-refractivity contribution in [3.05, 3.63) is 71.3 Å². The summed E-state index contributed by atoms with van der Waals surface area (Å²) in [7, 11) is 0. The minimum absolute atomic E-state index is 0.00288. The first-order valence-electron chi connectivity index (χ1n) is 11.6. The number of thioether (sulfide) groups is 1. The molecule has 2 aromatic rings. The predicted molar refractivity (Wildman–Crippen MR) is 131 cm³/mol. The number of piperidine rings is 1. The number of nitrogens with one attached hydrogen (secondary N) is 1. The third-order valence-corrected chi connectivity index (χ3v) is 7.99. The van der Waals surface area contributed by atoms with Crippen molar-refractivity contribution in [3.8, 4) is 0 Å². The van der Waals surface area contributed by atoms with Gasteiger partial charge in [-0.3, -0.25) is 14.5 Å². The topological polar surface area (TPSA) is 52.7 Å². The number of hydrogen-bond donors (Lipinski definition) is 1. The molecule has 2 amide bonds. The van der Waals surface area contributed by atoms with Gasteiger partial charge >= 0.3 is 0 Å². The molecule has 2 aliphatic heterocycles. The Labute approximate surface area is 195 Å². The zero-order valence-electron chi connectivity index (χ0n) is 19.0. The van der Waals surface area contributed by atoms with Crippen molar-refractivity contribution in [2.45, 2.75) is 57.1 Å². The van der Waals surface area contributed by atoms with Gasteiger partial charge in [-0.1, -0.05) is 55.5 Å². The zero-order chi connectivity index (χ0) is 22.5. The van der Waals surface area contributed by atoms with Gasteiger partial charge in [0, 0.05) is 37.0 Å². The Kier molecular flexibility index (Phi) is 7.53. The summed E-state index contributed by atoms with van der Waals surface area (Å²) in [6.45, 7) is 6.94. The van der Waals surface area contributed by atoms with Crippen molar-refractivity contribution >= 4 is 23.6 Å². The van der Waals surface area contributed by atoms with E-state index in [2.05, 4.69) is 41.4 Å². The number of hydrogen-bond acceptors (Lipinski definition) is 4. The van der Waals surface area contributed by atoms with Crippen molar-refractivity contribution in [2.75, 3.05) is 18.8 Å². The lowest BCUT2D eigenvalue weighted by atomic mass is 10.0. The fourth-order valence-electron chi connectivity index (χ4n) is 4.68. The molecule has 2 fully saturated rings. The molecule has 2 unspecified atom stereocenters. The maximum absolute atomic E-state index is 13.4. The number of likely N-dealkylation sites (tertiary alicyclic amines) is 1. The smallest absolute Gasteiger partial charge is 0.255 e. The SMILES string of the molecule is CCC1SCC(C(=O)NC2CCN(Cc3ccccc3)CC2)N1C(=O)c1ccccc1C. The van der Waals surface area contributed by atoms with E-state index in [0.717, 1.165) is 44.5 Å². The second kappa shape index (κ2) is 10.5. The van der Waals surface area contributed by atoms with Gasteiger partial charge in [0.05, 0.1) is 5.37 Å². The maximum Gasteiger partial charge on any atom is 0.255 e. The zero-order valence-corrected chi connectivity index (χ0v) is 19.8. The summed E-state index contributed by atoms with van der Waals surface area (Å²) in [5.74, 6) is 0.629. The van der Waals surface area contributed by atoms with Gasteiger partial charge in [0.2, 0.25) is 5.91 Å². The van der Waals surface area contributed by atoms with Crippen LogP contribution in [0.3, 0.4) is 0 Å². The van der Waals surface area contributed by atoms with Crippen LogP contribution in [0.5, 0.6) is 0 Å². The van der Waals surface area contributed by atoms with E-state index in [1.54, 1.807) is 11.8 Å². The quantitative estimate of drug-likeness (QED) is 0.719. The van der Waals surface area contributed by atoms with Crippen LogP contribution in [0, 0.1) is 6.92 Å². The molecule has 0 aliphatic carbocycles. The van der Waals surface area contributed by atoms with Gasteiger partial charge in [0.1, 0.15) is 6.04 Å². The molecule has 1 N–H and O–H groups in total. The maximum atomic E-state index is 13.4. The molecule has 0 radical (unpaired) electrons. The first kappa shape index (κ1) is 22.9. The fraction of sp³-hybridized carbons (Fsp3) is 0.462. The molecule has 0 saturated carbocycles. The molecule has 0 aromatic heterocycles. The van der Waals surface area contributed by atoms with E-state index in [4.69, 9.17) is 0 Å². The number of aryl methyl sites for hydroxylation is 1. The Morgan fingerprint density at radius 3 is 2.41 bits per heavy atom. The third-order valence-electron chi connectivity index (χ3n) is 6.54. The van der Waals surface area contributed by atoms with Crippen LogP contribution in [-0.4, -0.2) is 57.9 Å². The van der Waals surface area contributed by atoms with Crippen molar-refractivity contribution in [3.63, 3.8) is 0 Å². The lowest BCUT2D eigenvalue weighted by Crippen LogP contribution is -2.53. The summed E-state index contributed by atoms with van der Waals surface area (Å²) in [6, 6.07) is 18.0. The number of carbonyl (C=O) groups is 2. The van der Waals surface area contributed by atoms with Crippen LogP contribution in [0.25, 0.3) is 0 Å². The Morgan fingerprint density at radius 1 is 1.03 bits per heavy atom. The van der Waals surface area contributed by atoms with Gasteiger partial charge < -0.3 is 10.2 Å². The van der Waals surface area contributed by atoms with Gasteiger partial charge in [-0.05, 0) is 43.4 Å². The molecule has 5 nitrogen and oxygen atoms in total. The first-order valence-corrected chi connectivity index (χ1v) is 12.7. The van der Waals surface area contributed by atoms with Gasteiger partial charge in [0.25, 0.3) is 5.91 Å². The van der Waals surface area contributed by atoms with Gasteiger partial charge in [-0.15, -0.1) is 11.8 Å². The molecule has 0 bridgehead atoms. The molecule has 2 atom stereocenters. The molecule has 0 spiro atoms. The molecule has 32 heavy (non-hydrogen) atoms. The number of rotatable bonds is 6. The van der Waals surface area contributed by atoms with Gasteiger partial charge in [-0.2, -0.15) is 0 Å². The Hall–Kier alpha value is -2.31. The lowest BCUT2D eigenvalue weighted by molar-refractivity contribution is -0.125. The standard InChI is InChI=1S/C26H33N3O2S/c1-3-24-29(26(31)22-12-8-7-9-19(22)2)23(18-32-24)25(30)27-21-13-15-28(16-14-21)17-20-10-5-4-6-11-20/h4-12,21,23-24H,3,13-18H2,1-2H3,(H,27,30). The summed E-state index contributed by atoms with van der Waals surface area (Å²) >= 11 is 1.72. The van der Waals surface area contributed by atoms with E-state index in [9.17, 15) is 9.59 Å². The normalized spacial score (nSPS) is 22.1. The average molecular weight is 452 g/mol. The molecule has 2 heterocycles. The average Bonchev–Trinajstić information content (AvgIpc) is 3.25. The molecule has 2 aromatic carbocycles. The van der Waals surface area contributed by atoms with Crippen LogP contribution in [0.1, 0.15) is 47.7 Å². The van der Waals surface area contributed by atoms with Gasteiger partial charge in [0.15, 0.2) is 0 Å². The van der Waals surface area contributed by atoms with Crippen molar-refractivity contribution < 1.29 is 9.59 Å². The van der Waals surface area contributed by atoms with Crippen LogP contribution in [0.4, 0.5) is 0 Å². The van der Waals surface area contributed by atoms with Crippen LogP contribution < -0.4 is 5.32 Å². The van der Waals surface area contributed by atoms with Gasteiger partial charge in [-0.25, -0.2) is 0 Å². The van der Waals surface area contributed by atoms with E-state index in [1.165, 1.54) is 5.56 Å². The number of benzene rings is 2. The highest BCUT2D eigenvalue weighted by Gasteiger charge is 2.41. The fourth-order valence-corrected chi connectivity index (χ4v) is 6.03. The summed E-state index contributed by atoms with van der Waals surface area (Å²) < 4.78 is 0. The molecular weight excluding hydrogens is 418 g/mol. The predicted octanol–water partition coefficient (Wildman–Crippen LogP) is 4.07. The van der Waals surface area contributed by atoms with E-state index in [1.807, 2.05) is 42.2 Å². The summed E-state index contributed by atoms with van der Waals surface area (Å²) in [6.07, 6.45) is 2.73. The number of nitrogens with zero attached hydrogens (tertiary/aromatic N) is 2. The highest BCUT2D eigenvalue weighted by molar-refractivity contribution is 8.00. The van der Waals surface area contributed by atoms with Crippen LogP contribution in [-0.2, 0) is 11.3 Å². The Morgan fingerprint density at radius 2 is 1.72 bits per heavy atom. The van der Waals surface area contributed by atoms with E-state index >= 15 is 0 Å². The third kappa shape index (κ3) is 5.18. The van der Waals surface area contributed by atoms with Crippen LogP contribution >= 0.6 is 11.8 Å². The summed E-state index contributed by atoms with van der Waals surface area (Å²) in [5, 5.41) is 3.31. The highest BCUT2D eigenvalue weighted by atomic mass is 32.2. The Balaban J connectivity index is 1.36. The first-order chi connectivity index (χ1) is 15.6. The second-order valence-corrected chi connectivity index (χ2v) is 9.99. The lowest BCUT2D eigenvalue weighted by Gasteiger charge is -2.34. The molecule has 4 rings (SSSR count). The summed E-state index contributed by atoms with van der Waals surface area (Å²) in [5.41, 5.74) is 2.98. The van der Waals surface area contributed by atoms with E-state index in [0.29, 0.717) is 11.3 Å². The molecule has 6 heteroatoms. The second-order valence-electron chi connectivity index (χ2n) is 8.78. The number of carbonyl (C=O) groups excluding carboxylic acids is 2. The van der Waals surface area contributed by atoms with E-state index < -0.39 is 6.04 Å². The van der Waals surface area contributed by atoms with Crippen LogP contribution in [0.2, 0.25) is 0 Å². The van der Waals surface area contributed by atoms with Crippen molar-refractivity contribution in [2.24, 2.45) is 0 Å². The molecular formula is C26H33N3O2S. The molecule has 2 saturated heterocycles.